The summed E-state index contributed by atoms with van der Waals surface area (Å²) in [6.07, 6.45) is 5.51. The number of rotatable bonds is 1. The van der Waals surface area contributed by atoms with Crippen molar-refractivity contribution in [2.45, 2.75) is 25.7 Å². The highest BCUT2D eigenvalue weighted by Gasteiger charge is 2.41. The van der Waals surface area contributed by atoms with Crippen molar-refractivity contribution >= 4 is 5.84 Å². The number of fused-ring (bicyclic) bond motifs is 2. The Morgan fingerprint density at radius 1 is 1.25 bits per heavy atom. The Balaban J connectivity index is 2.02. The molecule has 68 valence electrons. The van der Waals surface area contributed by atoms with E-state index in [-0.39, 0.29) is 0 Å². The van der Waals surface area contributed by atoms with Crippen molar-refractivity contribution in [3.8, 4) is 0 Å². The minimum absolute atomic E-state index is 0.596. The molecule has 3 atom stereocenters. The lowest BCUT2D eigenvalue weighted by molar-refractivity contribution is 0.384. The summed E-state index contributed by atoms with van der Waals surface area (Å²) in [7, 11) is 3.99. The molecule has 2 heteroatoms. The Morgan fingerprint density at radius 2 is 2.00 bits per heavy atom. The number of hydrogen-bond acceptors (Lipinski definition) is 1. The van der Waals surface area contributed by atoms with E-state index in [1.807, 2.05) is 19.0 Å². The monoisotopic (exact) mass is 166 g/mol. The quantitative estimate of drug-likeness (QED) is 0.468. The zero-order chi connectivity index (χ0) is 8.72. The van der Waals surface area contributed by atoms with Crippen LogP contribution in [0.25, 0.3) is 0 Å². The molecule has 0 spiro atoms. The lowest BCUT2D eigenvalue weighted by atomic mass is 9.87. The van der Waals surface area contributed by atoms with Crippen LogP contribution >= 0.6 is 0 Å². The second-order valence-electron chi connectivity index (χ2n) is 4.56. The fourth-order valence-corrected chi connectivity index (χ4v) is 2.91. The summed E-state index contributed by atoms with van der Waals surface area (Å²) in [6.45, 7) is 0. The Hall–Kier alpha value is -0.530. The summed E-state index contributed by atoms with van der Waals surface area (Å²) < 4.78 is 0. The van der Waals surface area contributed by atoms with Gasteiger partial charge in [-0.05, 0) is 31.1 Å². The first-order valence-electron chi connectivity index (χ1n) is 4.94. The average molecular weight is 166 g/mol. The molecular weight excluding hydrogens is 148 g/mol. The Labute approximate surface area is 74.5 Å². The number of amidine groups is 1. The van der Waals surface area contributed by atoms with Crippen molar-refractivity contribution in [3.05, 3.63) is 0 Å². The van der Waals surface area contributed by atoms with Crippen LogP contribution in [0.15, 0.2) is 0 Å². The first-order chi connectivity index (χ1) is 5.68. The molecule has 2 nitrogen and oxygen atoms in total. The molecule has 2 aliphatic carbocycles. The van der Waals surface area contributed by atoms with E-state index < -0.39 is 0 Å². The fraction of sp³-hybridized carbons (Fsp3) is 0.900. The van der Waals surface area contributed by atoms with E-state index >= 15 is 0 Å². The van der Waals surface area contributed by atoms with Crippen molar-refractivity contribution in [2.75, 3.05) is 14.1 Å². The van der Waals surface area contributed by atoms with Crippen molar-refractivity contribution in [1.29, 1.82) is 5.41 Å². The predicted molar refractivity (Wildman–Crippen MR) is 50.4 cm³/mol. The van der Waals surface area contributed by atoms with Gasteiger partial charge in [-0.15, -0.1) is 0 Å². The van der Waals surface area contributed by atoms with E-state index in [0.29, 0.717) is 5.92 Å². The molecule has 2 aliphatic rings. The summed E-state index contributed by atoms with van der Waals surface area (Å²) in [5.74, 6) is 3.27. The standard InChI is InChI=1S/C10H18N2/c1-12(2)10(11)9-6-7-3-4-8(9)5-7/h7-9,11H,3-6H2,1-2H3. The van der Waals surface area contributed by atoms with Crippen LogP contribution in [0.3, 0.4) is 0 Å². The summed E-state index contributed by atoms with van der Waals surface area (Å²) in [5.41, 5.74) is 0. The normalized spacial score (nSPS) is 38.7. The number of nitrogens with zero attached hydrogens (tertiary/aromatic N) is 1. The molecule has 2 rings (SSSR count). The van der Waals surface area contributed by atoms with Gasteiger partial charge in [0.25, 0.3) is 0 Å². The van der Waals surface area contributed by atoms with Gasteiger partial charge in [-0.2, -0.15) is 0 Å². The largest absolute Gasteiger partial charge is 0.366 e. The molecule has 0 saturated heterocycles. The molecular formula is C10H18N2. The van der Waals surface area contributed by atoms with Crippen LogP contribution in [0.2, 0.25) is 0 Å². The second kappa shape index (κ2) is 2.75. The van der Waals surface area contributed by atoms with E-state index in [9.17, 15) is 0 Å². The van der Waals surface area contributed by atoms with Crippen LogP contribution in [-0.4, -0.2) is 24.8 Å². The zero-order valence-electron chi connectivity index (χ0n) is 8.01. The van der Waals surface area contributed by atoms with Gasteiger partial charge in [0.2, 0.25) is 0 Å². The summed E-state index contributed by atoms with van der Waals surface area (Å²) in [6, 6.07) is 0. The van der Waals surface area contributed by atoms with Crippen LogP contribution in [0.5, 0.6) is 0 Å². The number of nitrogens with one attached hydrogen (secondary N) is 1. The highest BCUT2D eigenvalue weighted by molar-refractivity contribution is 5.81. The maximum Gasteiger partial charge on any atom is 0.0987 e. The van der Waals surface area contributed by atoms with E-state index in [2.05, 4.69) is 0 Å². The van der Waals surface area contributed by atoms with E-state index in [1.165, 1.54) is 25.7 Å². The average Bonchev–Trinajstić information content (AvgIpc) is 2.62. The molecule has 2 fully saturated rings. The van der Waals surface area contributed by atoms with Gasteiger partial charge in [-0.1, -0.05) is 6.42 Å². The first-order valence-corrected chi connectivity index (χ1v) is 4.94. The maximum absolute atomic E-state index is 7.92. The molecule has 0 aromatic heterocycles. The van der Waals surface area contributed by atoms with Crippen LogP contribution in [-0.2, 0) is 0 Å². The van der Waals surface area contributed by atoms with Crippen molar-refractivity contribution in [1.82, 2.24) is 4.90 Å². The van der Waals surface area contributed by atoms with Gasteiger partial charge in [0.1, 0.15) is 0 Å². The Morgan fingerprint density at radius 3 is 2.42 bits per heavy atom. The van der Waals surface area contributed by atoms with E-state index in [0.717, 1.165) is 17.7 Å². The lowest BCUT2D eigenvalue weighted by Crippen LogP contribution is -2.32. The van der Waals surface area contributed by atoms with Gasteiger partial charge in [-0.25, -0.2) is 0 Å². The summed E-state index contributed by atoms with van der Waals surface area (Å²) in [5, 5.41) is 7.92. The smallest absolute Gasteiger partial charge is 0.0987 e. The highest BCUT2D eigenvalue weighted by atomic mass is 15.1. The predicted octanol–water partition coefficient (Wildman–Crippen LogP) is 1.96. The Bertz CT molecular complexity index is 198. The van der Waals surface area contributed by atoms with Gasteiger partial charge in [0, 0.05) is 20.0 Å². The van der Waals surface area contributed by atoms with Crippen molar-refractivity contribution in [3.63, 3.8) is 0 Å². The van der Waals surface area contributed by atoms with E-state index in [4.69, 9.17) is 5.41 Å². The molecule has 1 N–H and O–H groups in total. The van der Waals surface area contributed by atoms with Crippen LogP contribution < -0.4 is 0 Å². The molecule has 0 aliphatic heterocycles. The van der Waals surface area contributed by atoms with Gasteiger partial charge >= 0.3 is 0 Å². The molecule has 12 heavy (non-hydrogen) atoms. The fourth-order valence-electron chi connectivity index (χ4n) is 2.91. The molecule has 0 aromatic rings. The third kappa shape index (κ3) is 1.13. The molecule has 3 unspecified atom stereocenters. The second-order valence-corrected chi connectivity index (χ2v) is 4.56. The molecule has 0 amide bonds. The van der Waals surface area contributed by atoms with Crippen molar-refractivity contribution < 1.29 is 0 Å². The molecule has 0 heterocycles. The zero-order valence-corrected chi connectivity index (χ0v) is 8.01. The first kappa shape index (κ1) is 8.09. The lowest BCUT2D eigenvalue weighted by Gasteiger charge is -2.26. The summed E-state index contributed by atoms with van der Waals surface area (Å²) in [4.78, 5) is 1.98. The van der Waals surface area contributed by atoms with Crippen LogP contribution in [0.1, 0.15) is 25.7 Å². The minimum atomic E-state index is 0.596. The minimum Gasteiger partial charge on any atom is -0.366 e. The Kier molecular flexibility index (Phi) is 1.85. The highest BCUT2D eigenvalue weighted by Crippen LogP contribution is 2.48. The van der Waals surface area contributed by atoms with E-state index in [1.54, 1.807) is 0 Å². The third-order valence-corrected chi connectivity index (χ3v) is 3.57. The topological polar surface area (TPSA) is 27.1 Å². The van der Waals surface area contributed by atoms with Gasteiger partial charge in [0.05, 0.1) is 5.84 Å². The number of hydrogen-bond donors (Lipinski definition) is 1. The van der Waals surface area contributed by atoms with Gasteiger partial charge < -0.3 is 4.90 Å². The van der Waals surface area contributed by atoms with Crippen molar-refractivity contribution in [2.24, 2.45) is 17.8 Å². The van der Waals surface area contributed by atoms with Gasteiger partial charge in [-0.3, -0.25) is 5.41 Å². The third-order valence-electron chi connectivity index (χ3n) is 3.57. The SMILES string of the molecule is CN(C)C(=N)C1CC2CCC1C2. The van der Waals surface area contributed by atoms with Crippen LogP contribution in [0.4, 0.5) is 0 Å². The molecule has 0 radical (unpaired) electrons. The van der Waals surface area contributed by atoms with Crippen LogP contribution in [0, 0.1) is 23.2 Å². The summed E-state index contributed by atoms with van der Waals surface area (Å²) >= 11 is 0. The molecule has 2 saturated carbocycles. The molecule has 0 aromatic carbocycles. The molecule has 2 bridgehead atoms. The van der Waals surface area contributed by atoms with Gasteiger partial charge in [0.15, 0.2) is 0 Å². The maximum atomic E-state index is 7.92.